The van der Waals surface area contributed by atoms with Gasteiger partial charge < -0.3 is 19.1 Å². The van der Waals surface area contributed by atoms with Crippen molar-refractivity contribution in [1.82, 2.24) is 14.5 Å². The number of amides is 1. The summed E-state index contributed by atoms with van der Waals surface area (Å²) in [5.41, 5.74) is 1.02. The Morgan fingerprint density at radius 3 is 2.74 bits per heavy atom. The Morgan fingerprint density at radius 2 is 2.00 bits per heavy atom. The van der Waals surface area contributed by atoms with E-state index in [2.05, 4.69) is 9.88 Å². The van der Waals surface area contributed by atoms with Crippen molar-refractivity contribution in [2.45, 2.75) is 5.92 Å². The van der Waals surface area contributed by atoms with Gasteiger partial charge in [-0.15, -0.1) is 0 Å². The zero-order valence-electron chi connectivity index (χ0n) is 13.2. The van der Waals surface area contributed by atoms with Gasteiger partial charge in [0.2, 0.25) is 11.9 Å². The molecule has 6 nitrogen and oxygen atoms in total. The fourth-order valence-corrected chi connectivity index (χ4v) is 3.38. The molecule has 1 aromatic carbocycles. The van der Waals surface area contributed by atoms with Crippen LogP contribution in [0.5, 0.6) is 5.75 Å². The number of rotatable bonds is 2. The Balaban J connectivity index is 1.43. The van der Waals surface area contributed by atoms with Gasteiger partial charge in [0.05, 0.1) is 0 Å². The second-order valence-corrected chi connectivity index (χ2v) is 6.05. The third-order valence-electron chi connectivity index (χ3n) is 4.67. The molecule has 0 aliphatic carbocycles. The Labute approximate surface area is 135 Å². The van der Waals surface area contributed by atoms with Crippen molar-refractivity contribution in [2.24, 2.45) is 7.05 Å². The van der Waals surface area contributed by atoms with Gasteiger partial charge in [-0.05, 0) is 6.07 Å². The molecule has 2 aromatic rings. The monoisotopic (exact) mass is 312 g/mol. The normalized spacial score (nSPS) is 20.3. The third-order valence-corrected chi connectivity index (χ3v) is 4.67. The molecular formula is C17H20N4O2. The summed E-state index contributed by atoms with van der Waals surface area (Å²) in [5, 5.41) is 0. The van der Waals surface area contributed by atoms with E-state index in [9.17, 15) is 4.79 Å². The number of ether oxygens (including phenoxy) is 1. The summed E-state index contributed by atoms with van der Waals surface area (Å²) in [7, 11) is 1.99. The molecule has 1 fully saturated rings. The molecule has 0 N–H and O–H groups in total. The van der Waals surface area contributed by atoms with Gasteiger partial charge in [-0.1, -0.05) is 18.2 Å². The van der Waals surface area contributed by atoms with Gasteiger partial charge in [-0.3, -0.25) is 4.79 Å². The second-order valence-electron chi connectivity index (χ2n) is 6.05. The van der Waals surface area contributed by atoms with Crippen molar-refractivity contribution >= 4 is 11.9 Å². The zero-order valence-corrected chi connectivity index (χ0v) is 13.2. The Bertz CT molecular complexity index is 719. The smallest absolute Gasteiger partial charge is 0.233 e. The lowest BCUT2D eigenvalue weighted by Gasteiger charge is -2.36. The molecular weight excluding hydrogens is 292 g/mol. The van der Waals surface area contributed by atoms with Crippen LogP contribution < -0.4 is 9.64 Å². The number of aromatic nitrogens is 2. The molecule has 0 saturated carbocycles. The highest BCUT2D eigenvalue weighted by molar-refractivity contribution is 5.85. The van der Waals surface area contributed by atoms with Gasteiger partial charge in [0.1, 0.15) is 18.3 Å². The van der Waals surface area contributed by atoms with E-state index in [1.165, 1.54) is 0 Å². The molecule has 2 aliphatic rings. The summed E-state index contributed by atoms with van der Waals surface area (Å²) >= 11 is 0. The van der Waals surface area contributed by atoms with Crippen LogP contribution in [0.3, 0.4) is 0 Å². The first-order chi connectivity index (χ1) is 11.2. The average molecular weight is 312 g/mol. The molecule has 23 heavy (non-hydrogen) atoms. The molecule has 1 amide bonds. The van der Waals surface area contributed by atoms with E-state index in [0.29, 0.717) is 6.61 Å². The fraction of sp³-hybridized carbons (Fsp3) is 0.412. The molecule has 2 aliphatic heterocycles. The Hall–Kier alpha value is -2.50. The summed E-state index contributed by atoms with van der Waals surface area (Å²) in [6.45, 7) is 3.53. The number of carbonyl (C=O) groups excluding carboxylic acids is 1. The van der Waals surface area contributed by atoms with Crippen molar-refractivity contribution in [3.63, 3.8) is 0 Å². The number of imidazole rings is 1. The fourth-order valence-electron chi connectivity index (χ4n) is 3.38. The SMILES string of the molecule is Cn1ccnc1N1CCN(C(=O)C2COc3ccccc32)CC1. The van der Waals surface area contributed by atoms with Crippen LogP contribution in [0.15, 0.2) is 36.7 Å². The first-order valence-electron chi connectivity index (χ1n) is 7.97. The molecule has 1 saturated heterocycles. The molecule has 6 heteroatoms. The molecule has 1 unspecified atom stereocenters. The highest BCUT2D eigenvalue weighted by atomic mass is 16.5. The second kappa shape index (κ2) is 5.61. The lowest BCUT2D eigenvalue weighted by Crippen LogP contribution is -2.50. The van der Waals surface area contributed by atoms with Crippen LogP contribution in [0.4, 0.5) is 5.95 Å². The highest BCUT2D eigenvalue weighted by Gasteiger charge is 2.34. The van der Waals surface area contributed by atoms with Crippen molar-refractivity contribution < 1.29 is 9.53 Å². The van der Waals surface area contributed by atoms with Crippen LogP contribution in [0.2, 0.25) is 0 Å². The van der Waals surface area contributed by atoms with Crippen LogP contribution >= 0.6 is 0 Å². The number of fused-ring (bicyclic) bond motifs is 1. The van der Waals surface area contributed by atoms with Crippen LogP contribution in [-0.2, 0) is 11.8 Å². The quantitative estimate of drug-likeness (QED) is 0.837. The molecule has 0 spiro atoms. The van der Waals surface area contributed by atoms with E-state index in [1.807, 2.05) is 47.0 Å². The number of benzene rings is 1. The van der Waals surface area contributed by atoms with Crippen LogP contribution in [0, 0.1) is 0 Å². The van der Waals surface area contributed by atoms with E-state index in [0.717, 1.165) is 43.4 Å². The summed E-state index contributed by atoms with van der Waals surface area (Å²) in [6.07, 6.45) is 3.75. The minimum atomic E-state index is -0.161. The predicted octanol–water partition coefficient (Wildman–Crippen LogP) is 1.24. The lowest BCUT2D eigenvalue weighted by molar-refractivity contribution is -0.133. The van der Waals surface area contributed by atoms with E-state index in [4.69, 9.17) is 4.74 Å². The van der Waals surface area contributed by atoms with E-state index in [1.54, 1.807) is 6.20 Å². The zero-order chi connectivity index (χ0) is 15.8. The molecule has 3 heterocycles. The summed E-state index contributed by atoms with van der Waals surface area (Å²) < 4.78 is 7.66. The number of nitrogens with zero attached hydrogens (tertiary/aromatic N) is 4. The first kappa shape index (κ1) is 14.1. The van der Waals surface area contributed by atoms with Gasteiger partial charge in [0.25, 0.3) is 0 Å². The number of piperazine rings is 1. The number of anilines is 1. The summed E-state index contributed by atoms with van der Waals surface area (Å²) in [4.78, 5) is 21.4. The number of aryl methyl sites for hydroxylation is 1. The highest BCUT2D eigenvalue weighted by Crippen LogP contribution is 2.34. The van der Waals surface area contributed by atoms with Crippen LogP contribution in [0.25, 0.3) is 0 Å². The van der Waals surface area contributed by atoms with Crippen molar-refractivity contribution in [1.29, 1.82) is 0 Å². The predicted molar refractivity (Wildman–Crippen MR) is 86.7 cm³/mol. The Kier molecular flexibility index (Phi) is 3.44. The number of hydrogen-bond donors (Lipinski definition) is 0. The molecule has 4 rings (SSSR count). The largest absolute Gasteiger partial charge is 0.492 e. The maximum Gasteiger partial charge on any atom is 0.233 e. The van der Waals surface area contributed by atoms with Gasteiger partial charge >= 0.3 is 0 Å². The minimum absolute atomic E-state index is 0.161. The summed E-state index contributed by atoms with van der Waals surface area (Å²) in [6, 6.07) is 7.83. The Morgan fingerprint density at radius 1 is 1.22 bits per heavy atom. The van der Waals surface area contributed by atoms with Crippen LogP contribution in [0.1, 0.15) is 11.5 Å². The first-order valence-corrected chi connectivity index (χ1v) is 7.97. The van der Waals surface area contributed by atoms with Gasteiger partial charge in [0, 0.05) is 51.2 Å². The maximum absolute atomic E-state index is 12.8. The lowest BCUT2D eigenvalue weighted by atomic mass is 9.99. The number of carbonyl (C=O) groups is 1. The molecule has 1 atom stereocenters. The van der Waals surface area contributed by atoms with Crippen LogP contribution in [-0.4, -0.2) is 53.1 Å². The van der Waals surface area contributed by atoms with Gasteiger partial charge in [-0.2, -0.15) is 0 Å². The topological polar surface area (TPSA) is 50.6 Å². The number of para-hydroxylation sites is 1. The number of hydrogen-bond acceptors (Lipinski definition) is 4. The van der Waals surface area contributed by atoms with E-state index in [-0.39, 0.29) is 11.8 Å². The van der Waals surface area contributed by atoms with Crippen molar-refractivity contribution in [3.8, 4) is 5.75 Å². The van der Waals surface area contributed by atoms with Gasteiger partial charge in [0.15, 0.2) is 0 Å². The molecule has 1 aromatic heterocycles. The summed E-state index contributed by atoms with van der Waals surface area (Å²) in [5.74, 6) is 1.82. The maximum atomic E-state index is 12.8. The average Bonchev–Trinajstić information content (AvgIpc) is 3.20. The van der Waals surface area contributed by atoms with Crippen molar-refractivity contribution in [2.75, 3.05) is 37.7 Å². The molecule has 0 bridgehead atoms. The van der Waals surface area contributed by atoms with Gasteiger partial charge in [-0.25, -0.2) is 4.98 Å². The van der Waals surface area contributed by atoms with E-state index >= 15 is 0 Å². The molecule has 0 radical (unpaired) electrons. The molecule has 120 valence electrons. The third kappa shape index (κ3) is 2.44. The van der Waals surface area contributed by atoms with E-state index < -0.39 is 0 Å². The minimum Gasteiger partial charge on any atom is -0.492 e. The standard InChI is InChI=1S/C17H20N4O2/c1-19-7-6-18-17(19)21-10-8-20(9-11-21)16(22)14-12-23-15-5-3-2-4-13(14)15/h2-7,14H,8-12H2,1H3. The van der Waals surface area contributed by atoms with Crippen molar-refractivity contribution in [3.05, 3.63) is 42.2 Å².